The molecular weight excluding hydrogens is 232 g/mol. The third-order valence-electron chi connectivity index (χ3n) is 2.64. The van der Waals surface area contributed by atoms with Gasteiger partial charge in [-0.15, -0.1) is 0 Å². The average Bonchev–Trinajstić information content (AvgIpc) is 2.38. The summed E-state index contributed by atoms with van der Waals surface area (Å²) in [6.07, 6.45) is 4.76. The molecule has 100 valence electrons. The molecule has 0 aromatic heterocycles. The van der Waals surface area contributed by atoms with Gasteiger partial charge in [0.1, 0.15) is 5.75 Å². The predicted molar refractivity (Wildman–Crippen MR) is 68.6 cm³/mol. The van der Waals surface area contributed by atoms with Crippen molar-refractivity contribution in [3.8, 4) is 5.75 Å². The van der Waals surface area contributed by atoms with E-state index in [1.54, 1.807) is 12.1 Å². The number of esters is 1. The van der Waals surface area contributed by atoms with Gasteiger partial charge in [-0.3, -0.25) is 0 Å². The normalized spacial score (nSPS) is 10.3. The van der Waals surface area contributed by atoms with Gasteiger partial charge in [0, 0.05) is 6.61 Å². The molecule has 0 aliphatic heterocycles. The quantitative estimate of drug-likeness (QED) is 0.551. The molecule has 1 aromatic carbocycles. The molecule has 2 N–H and O–H groups in total. The number of ether oxygens (including phenoxy) is 1. The Morgan fingerprint density at radius 2 is 1.61 bits per heavy atom. The topological polar surface area (TPSA) is 66.8 Å². The molecule has 0 atom stereocenters. The van der Waals surface area contributed by atoms with Crippen LogP contribution in [0.4, 0.5) is 0 Å². The molecule has 0 saturated carbocycles. The van der Waals surface area contributed by atoms with Crippen molar-refractivity contribution in [2.24, 2.45) is 0 Å². The van der Waals surface area contributed by atoms with Crippen molar-refractivity contribution in [1.29, 1.82) is 0 Å². The lowest BCUT2D eigenvalue weighted by atomic mass is 10.1. The highest BCUT2D eigenvalue weighted by Gasteiger charge is 2.06. The zero-order chi connectivity index (χ0) is 13.2. The molecule has 4 nitrogen and oxygen atoms in total. The molecular formula is C14H20O4. The van der Waals surface area contributed by atoms with Crippen LogP contribution in [0.1, 0.15) is 42.5 Å². The van der Waals surface area contributed by atoms with Crippen LogP contribution in [0.2, 0.25) is 0 Å². The van der Waals surface area contributed by atoms with Crippen molar-refractivity contribution < 1.29 is 19.7 Å². The molecule has 0 heterocycles. The number of aromatic hydroxyl groups is 1. The highest BCUT2D eigenvalue weighted by atomic mass is 16.5. The second-order valence-corrected chi connectivity index (χ2v) is 4.17. The van der Waals surface area contributed by atoms with Crippen LogP contribution in [0.3, 0.4) is 0 Å². The highest BCUT2D eigenvalue weighted by molar-refractivity contribution is 5.89. The van der Waals surface area contributed by atoms with E-state index < -0.39 is 0 Å². The number of phenols is 1. The summed E-state index contributed by atoms with van der Waals surface area (Å²) in [6, 6.07) is 6.01. The fourth-order valence-corrected chi connectivity index (χ4v) is 1.59. The van der Waals surface area contributed by atoms with Crippen LogP contribution in [0.15, 0.2) is 24.3 Å². The Labute approximate surface area is 107 Å². The Morgan fingerprint density at radius 1 is 1.00 bits per heavy atom. The summed E-state index contributed by atoms with van der Waals surface area (Å²) in [6.45, 7) is 0.661. The lowest BCUT2D eigenvalue weighted by Gasteiger charge is -2.04. The van der Waals surface area contributed by atoms with Crippen molar-refractivity contribution in [1.82, 2.24) is 0 Å². The van der Waals surface area contributed by atoms with Gasteiger partial charge in [-0.05, 0) is 37.1 Å². The maximum Gasteiger partial charge on any atom is 0.338 e. The molecule has 0 spiro atoms. The summed E-state index contributed by atoms with van der Waals surface area (Å²) < 4.78 is 5.10. The van der Waals surface area contributed by atoms with Gasteiger partial charge in [-0.1, -0.05) is 19.3 Å². The van der Waals surface area contributed by atoms with E-state index in [4.69, 9.17) is 14.9 Å². The first-order chi connectivity index (χ1) is 8.74. The standard InChI is InChI=1S/C14H20O4/c15-10-4-2-1-3-5-11-18-14(17)12-6-8-13(16)9-7-12/h6-9,15-16H,1-5,10-11H2. The van der Waals surface area contributed by atoms with Gasteiger partial charge in [-0.2, -0.15) is 0 Å². The van der Waals surface area contributed by atoms with E-state index in [-0.39, 0.29) is 18.3 Å². The van der Waals surface area contributed by atoms with Crippen LogP contribution in [-0.2, 0) is 4.74 Å². The van der Waals surface area contributed by atoms with Crippen molar-refractivity contribution >= 4 is 5.97 Å². The fourth-order valence-electron chi connectivity index (χ4n) is 1.59. The number of hydrogen-bond acceptors (Lipinski definition) is 4. The van der Waals surface area contributed by atoms with Gasteiger partial charge in [0.25, 0.3) is 0 Å². The number of carbonyl (C=O) groups is 1. The average molecular weight is 252 g/mol. The number of rotatable bonds is 8. The van der Waals surface area contributed by atoms with Crippen LogP contribution in [-0.4, -0.2) is 29.4 Å². The minimum atomic E-state index is -0.356. The zero-order valence-corrected chi connectivity index (χ0v) is 10.5. The first-order valence-corrected chi connectivity index (χ1v) is 6.31. The lowest BCUT2D eigenvalue weighted by molar-refractivity contribution is 0.0497. The Bertz CT molecular complexity index is 345. The monoisotopic (exact) mass is 252 g/mol. The van der Waals surface area contributed by atoms with E-state index in [9.17, 15) is 4.79 Å². The van der Waals surface area contributed by atoms with Crippen LogP contribution in [0, 0.1) is 0 Å². The summed E-state index contributed by atoms with van der Waals surface area (Å²) in [5.41, 5.74) is 0.452. The first kappa shape index (κ1) is 14.5. The third kappa shape index (κ3) is 5.68. The SMILES string of the molecule is O=C(OCCCCCCCO)c1ccc(O)cc1. The minimum absolute atomic E-state index is 0.135. The van der Waals surface area contributed by atoms with Crippen LogP contribution in [0.5, 0.6) is 5.75 Å². The third-order valence-corrected chi connectivity index (χ3v) is 2.64. The summed E-state index contributed by atoms with van der Waals surface area (Å²) in [5, 5.41) is 17.7. The first-order valence-electron chi connectivity index (χ1n) is 6.31. The Hall–Kier alpha value is -1.55. The molecule has 0 bridgehead atoms. The zero-order valence-electron chi connectivity index (χ0n) is 10.5. The number of hydrogen-bond donors (Lipinski definition) is 2. The van der Waals surface area contributed by atoms with E-state index in [0.29, 0.717) is 12.2 Å². The van der Waals surface area contributed by atoms with Gasteiger partial charge in [-0.25, -0.2) is 4.79 Å². The molecule has 0 amide bonds. The molecule has 0 saturated heterocycles. The van der Waals surface area contributed by atoms with Crippen LogP contribution >= 0.6 is 0 Å². The van der Waals surface area contributed by atoms with E-state index in [1.165, 1.54) is 12.1 Å². The molecule has 0 fully saturated rings. The van der Waals surface area contributed by atoms with E-state index in [2.05, 4.69) is 0 Å². The van der Waals surface area contributed by atoms with Gasteiger partial charge in [0.05, 0.1) is 12.2 Å². The van der Waals surface area contributed by atoms with E-state index in [0.717, 1.165) is 32.1 Å². The highest BCUT2D eigenvalue weighted by Crippen LogP contribution is 2.11. The van der Waals surface area contributed by atoms with Crippen molar-refractivity contribution in [2.75, 3.05) is 13.2 Å². The summed E-state index contributed by atoms with van der Waals surface area (Å²) in [7, 11) is 0. The molecule has 0 radical (unpaired) electrons. The minimum Gasteiger partial charge on any atom is -0.508 e. The molecule has 0 unspecified atom stereocenters. The smallest absolute Gasteiger partial charge is 0.338 e. The van der Waals surface area contributed by atoms with Crippen molar-refractivity contribution in [3.05, 3.63) is 29.8 Å². The number of benzene rings is 1. The molecule has 1 aromatic rings. The lowest BCUT2D eigenvalue weighted by Crippen LogP contribution is -2.06. The van der Waals surface area contributed by atoms with Crippen LogP contribution in [0.25, 0.3) is 0 Å². The molecule has 4 heteroatoms. The van der Waals surface area contributed by atoms with E-state index >= 15 is 0 Å². The Balaban J connectivity index is 2.12. The molecule has 1 rings (SSSR count). The predicted octanol–water partition coefficient (Wildman–Crippen LogP) is 2.49. The number of carbonyl (C=O) groups excluding carboxylic acids is 1. The van der Waals surface area contributed by atoms with Gasteiger partial charge >= 0.3 is 5.97 Å². The summed E-state index contributed by atoms with van der Waals surface area (Å²) in [4.78, 5) is 11.6. The van der Waals surface area contributed by atoms with Crippen molar-refractivity contribution in [3.63, 3.8) is 0 Å². The number of aliphatic hydroxyl groups is 1. The Morgan fingerprint density at radius 3 is 2.28 bits per heavy atom. The largest absolute Gasteiger partial charge is 0.508 e. The van der Waals surface area contributed by atoms with Crippen LogP contribution < -0.4 is 0 Å². The van der Waals surface area contributed by atoms with Gasteiger partial charge < -0.3 is 14.9 Å². The number of unbranched alkanes of at least 4 members (excludes halogenated alkanes) is 4. The second kappa shape index (κ2) is 8.53. The second-order valence-electron chi connectivity index (χ2n) is 4.17. The van der Waals surface area contributed by atoms with Gasteiger partial charge in [0.15, 0.2) is 0 Å². The maximum absolute atomic E-state index is 11.6. The van der Waals surface area contributed by atoms with Gasteiger partial charge in [0.2, 0.25) is 0 Å². The van der Waals surface area contributed by atoms with E-state index in [1.807, 2.05) is 0 Å². The fraction of sp³-hybridized carbons (Fsp3) is 0.500. The summed E-state index contributed by atoms with van der Waals surface area (Å²) >= 11 is 0. The number of phenolic OH excluding ortho intramolecular Hbond substituents is 1. The molecule has 0 aliphatic rings. The molecule has 18 heavy (non-hydrogen) atoms. The van der Waals surface area contributed by atoms with Crippen molar-refractivity contribution in [2.45, 2.75) is 32.1 Å². The number of aliphatic hydroxyl groups excluding tert-OH is 1. The molecule has 0 aliphatic carbocycles. The maximum atomic E-state index is 11.6. The summed E-state index contributed by atoms with van der Waals surface area (Å²) in [5.74, 6) is -0.221. The Kier molecular flexibility index (Phi) is 6.87.